The first-order valence-corrected chi connectivity index (χ1v) is 6.02. The molecule has 5 heteroatoms. The van der Waals surface area contributed by atoms with Crippen LogP contribution < -0.4 is 0 Å². The van der Waals surface area contributed by atoms with Crippen LogP contribution in [-0.4, -0.2) is 29.4 Å². The smallest absolute Gasteiger partial charge is 0.352 e. The van der Waals surface area contributed by atoms with Gasteiger partial charge in [0.15, 0.2) is 0 Å². The molecule has 1 aliphatic carbocycles. The van der Waals surface area contributed by atoms with Crippen LogP contribution in [0.15, 0.2) is 12.3 Å². The Morgan fingerprint density at radius 1 is 1.65 bits per heavy atom. The average molecular weight is 258 g/mol. The van der Waals surface area contributed by atoms with Crippen LogP contribution in [0.5, 0.6) is 0 Å². The van der Waals surface area contributed by atoms with Gasteiger partial charge in [-0.2, -0.15) is 0 Å². The average Bonchev–Trinajstić information content (AvgIpc) is 2.92. The summed E-state index contributed by atoms with van der Waals surface area (Å²) in [6.45, 7) is 1.43. The number of aromatic carboxylic acids is 1. The fourth-order valence-electron chi connectivity index (χ4n) is 2.13. The molecule has 0 unspecified atom stereocenters. The SMILES string of the molecule is COCCC1(Cn2cc(Cl)cc2C(=O)O)CC1. The molecule has 0 radical (unpaired) electrons. The van der Waals surface area contributed by atoms with E-state index in [1.807, 2.05) is 0 Å². The third kappa shape index (κ3) is 2.82. The quantitative estimate of drug-likeness (QED) is 0.852. The minimum Gasteiger partial charge on any atom is -0.477 e. The highest BCUT2D eigenvalue weighted by Crippen LogP contribution is 2.50. The van der Waals surface area contributed by atoms with Gasteiger partial charge in [0.25, 0.3) is 0 Å². The molecular weight excluding hydrogens is 242 g/mol. The monoisotopic (exact) mass is 257 g/mol. The Morgan fingerprint density at radius 3 is 2.88 bits per heavy atom. The summed E-state index contributed by atoms with van der Waals surface area (Å²) in [5.74, 6) is -0.931. The van der Waals surface area contributed by atoms with Gasteiger partial charge in [0.1, 0.15) is 5.69 Å². The summed E-state index contributed by atoms with van der Waals surface area (Å²) < 4.78 is 6.83. The molecule has 1 saturated carbocycles. The van der Waals surface area contributed by atoms with Gasteiger partial charge in [-0.1, -0.05) is 11.6 Å². The number of rotatable bonds is 6. The van der Waals surface area contributed by atoms with Crippen molar-refractivity contribution in [2.24, 2.45) is 5.41 Å². The Morgan fingerprint density at radius 2 is 2.35 bits per heavy atom. The van der Waals surface area contributed by atoms with Gasteiger partial charge < -0.3 is 14.4 Å². The Kier molecular flexibility index (Phi) is 3.45. The second kappa shape index (κ2) is 4.70. The van der Waals surface area contributed by atoms with Crippen LogP contribution in [0.3, 0.4) is 0 Å². The number of aromatic nitrogens is 1. The number of hydrogen-bond acceptors (Lipinski definition) is 2. The van der Waals surface area contributed by atoms with Crippen molar-refractivity contribution in [1.82, 2.24) is 4.57 Å². The summed E-state index contributed by atoms with van der Waals surface area (Å²) in [4.78, 5) is 11.1. The standard InChI is InChI=1S/C12H16ClNO3/c1-17-5-4-12(2-3-12)8-14-7-9(13)6-10(14)11(15)16/h6-7H,2-5,8H2,1H3,(H,15,16). The number of carboxylic acids is 1. The van der Waals surface area contributed by atoms with Crippen LogP contribution in [0.25, 0.3) is 0 Å². The molecule has 0 spiro atoms. The minimum absolute atomic E-state index is 0.211. The van der Waals surface area contributed by atoms with Crippen molar-refractivity contribution in [3.05, 3.63) is 23.0 Å². The molecule has 1 aromatic heterocycles. The molecule has 17 heavy (non-hydrogen) atoms. The molecule has 1 fully saturated rings. The molecule has 0 atom stereocenters. The lowest BCUT2D eigenvalue weighted by atomic mass is 10.0. The fraction of sp³-hybridized carbons (Fsp3) is 0.583. The number of hydrogen-bond donors (Lipinski definition) is 1. The van der Waals surface area contributed by atoms with Gasteiger partial charge in [-0.15, -0.1) is 0 Å². The lowest BCUT2D eigenvalue weighted by Crippen LogP contribution is -2.17. The zero-order valence-corrected chi connectivity index (χ0v) is 10.5. The zero-order valence-electron chi connectivity index (χ0n) is 9.78. The highest BCUT2D eigenvalue weighted by Gasteiger charge is 2.42. The van der Waals surface area contributed by atoms with Crippen LogP contribution in [0, 0.1) is 5.41 Å². The van der Waals surface area contributed by atoms with E-state index < -0.39 is 5.97 Å². The van der Waals surface area contributed by atoms with Crippen molar-refractivity contribution < 1.29 is 14.6 Å². The molecule has 1 heterocycles. The lowest BCUT2D eigenvalue weighted by molar-refractivity contribution is 0.0683. The van der Waals surface area contributed by atoms with Crippen LogP contribution in [-0.2, 0) is 11.3 Å². The molecule has 94 valence electrons. The second-order valence-electron chi connectivity index (χ2n) is 4.72. The van der Waals surface area contributed by atoms with E-state index in [9.17, 15) is 4.79 Å². The van der Waals surface area contributed by atoms with Crippen molar-refractivity contribution in [3.63, 3.8) is 0 Å². The number of halogens is 1. The van der Waals surface area contributed by atoms with Crippen molar-refractivity contribution in [2.75, 3.05) is 13.7 Å². The van der Waals surface area contributed by atoms with Gasteiger partial charge in [-0.25, -0.2) is 4.79 Å². The summed E-state index contributed by atoms with van der Waals surface area (Å²) >= 11 is 5.85. The molecule has 0 aromatic carbocycles. The summed E-state index contributed by atoms with van der Waals surface area (Å²) in [7, 11) is 1.69. The van der Waals surface area contributed by atoms with E-state index in [0.29, 0.717) is 11.6 Å². The summed E-state index contributed by atoms with van der Waals surface area (Å²) in [6, 6.07) is 1.50. The van der Waals surface area contributed by atoms with Gasteiger partial charge in [-0.05, 0) is 30.7 Å². The van der Waals surface area contributed by atoms with E-state index in [4.69, 9.17) is 21.4 Å². The Labute approximate surface area is 105 Å². The van der Waals surface area contributed by atoms with Gasteiger partial charge in [0.2, 0.25) is 0 Å². The van der Waals surface area contributed by atoms with Crippen LogP contribution in [0.4, 0.5) is 0 Å². The highest BCUT2D eigenvalue weighted by atomic mass is 35.5. The summed E-state index contributed by atoms with van der Waals surface area (Å²) in [5, 5.41) is 9.54. The maximum atomic E-state index is 11.1. The molecule has 1 aliphatic rings. The third-order valence-electron chi connectivity index (χ3n) is 3.38. The van der Waals surface area contributed by atoms with Gasteiger partial charge in [0.05, 0.1) is 5.02 Å². The number of carbonyl (C=O) groups is 1. The predicted molar refractivity (Wildman–Crippen MR) is 64.6 cm³/mol. The molecule has 2 rings (SSSR count). The Bertz CT molecular complexity index is 423. The summed E-state index contributed by atoms with van der Waals surface area (Å²) in [5.41, 5.74) is 0.474. The van der Waals surface area contributed by atoms with E-state index in [1.54, 1.807) is 17.9 Å². The van der Waals surface area contributed by atoms with E-state index >= 15 is 0 Å². The number of carboxylic acid groups (broad SMARTS) is 1. The molecule has 1 N–H and O–H groups in total. The Balaban J connectivity index is 2.10. The molecule has 4 nitrogen and oxygen atoms in total. The number of methoxy groups -OCH3 is 1. The first-order valence-electron chi connectivity index (χ1n) is 5.64. The van der Waals surface area contributed by atoms with Crippen molar-refractivity contribution in [3.8, 4) is 0 Å². The molecule has 0 aliphatic heterocycles. The van der Waals surface area contributed by atoms with E-state index in [0.717, 1.165) is 25.9 Å². The molecule has 0 amide bonds. The normalized spacial score (nSPS) is 17.1. The molecule has 0 bridgehead atoms. The summed E-state index contributed by atoms with van der Waals surface area (Å²) in [6.07, 6.45) is 4.92. The molecule has 1 aromatic rings. The predicted octanol–water partition coefficient (Wildman–Crippen LogP) is 2.66. The number of ether oxygens (including phenoxy) is 1. The van der Waals surface area contributed by atoms with Crippen molar-refractivity contribution in [1.29, 1.82) is 0 Å². The molecule has 0 saturated heterocycles. The topological polar surface area (TPSA) is 51.5 Å². The number of nitrogens with zero attached hydrogens (tertiary/aromatic N) is 1. The van der Waals surface area contributed by atoms with Crippen molar-refractivity contribution >= 4 is 17.6 Å². The van der Waals surface area contributed by atoms with Crippen LogP contribution in [0.2, 0.25) is 5.02 Å². The minimum atomic E-state index is -0.931. The van der Waals surface area contributed by atoms with Gasteiger partial charge in [-0.3, -0.25) is 0 Å². The fourth-order valence-corrected chi connectivity index (χ4v) is 2.35. The maximum absolute atomic E-state index is 11.1. The second-order valence-corrected chi connectivity index (χ2v) is 5.16. The first-order chi connectivity index (χ1) is 8.06. The Hall–Kier alpha value is -1.00. The van der Waals surface area contributed by atoms with Crippen LogP contribution >= 0.6 is 11.6 Å². The van der Waals surface area contributed by atoms with E-state index in [2.05, 4.69) is 0 Å². The van der Waals surface area contributed by atoms with E-state index in [-0.39, 0.29) is 11.1 Å². The van der Waals surface area contributed by atoms with E-state index in [1.165, 1.54) is 6.07 Å². The van der Waals surface area contributed by atoms with Gasteiger partial charge >= 0.3 is 5.97 Å². The first kappa shape index (κ1) is 12.5. The van der Waals surface area contributed by atoms with Crippen molar-refractivity contribution in [2.45, 2.75) is 25.8 Å². The zero-order chi connectivity index (χ0) is 12.5. The third-order valence-corrected chi connectivity index (χ3v) is 3.59. The van der Waals surface area contributed by atoms with Crippen LogP contribution in [0.1, 0.15) is 29.8 Å². The van der Waals surface area contributed by atoms with Gasteiger partial charge in [0, 0.05) is 26.5 Å². The highest BCUT2D eigenvalue weighted by molar-refractivity contribution is 6.30. The largest absolute Gasteiger partial charge is 0.477 e. The molecular formula is C12H16ClNO3. The lowest BCUT2D eigenvalue weighted by Gasteiger charge is -2.16. The maximum Gasteiger partial charge on any atom is 0.352 e.